The van der Waals surface area contributed by atoms with E-state index in [9.17, 15) is 35.1 Å². The SMILES string of the molecule is CCC1(F)CC(OCOCCOC)(C(F)(F)F)C(F)(F)C1C(C)(F)F. The molecule has 0 aliphatic heterocycles. The van der Waals surface area contributed by atoms with Crippen LogP contribution in [0.1, 0.15) is 26.7 Å². The highest BCUT2D eigenvalue weighted by molar-refractivity contribution is 5.20. The standard InChI is InChI=1S/C14H20F8O3/c1-4-11(17)7-12(14(20,21)22,25-8-24-6-5-23-3)13(18,19)9(11)10(2,15)16/h9H,4-8H2,1-3H3. The quantitative estimate of drug-likeness (QED) is 0.352. The van der Waals surface area contributed by atoms with Crippen molar-refractivity contribution in [1.82, 2.24) is 0 Å². The topological polar surface area (TPSA) is 27.7 Å². The summed E-state index contributed by atoms with van der Waals surface area (Å²) in [6.07, 6.45) is -8.70. The first-order valence-corrected chi connectivity index (χ1v) is 7.41. The Morgan fingerprint density at radius 1 is 1.04 bits per heavy atom. The molecule has 25 heavy (non-hydrogen) atoms. The highest BCUT2D eigenvalue weighted by Gasteiger charge is 2.85. The number of hydrogen-bond acceptors (Lipinski definition) is 3. The summed E-state index contributed by atoms with van der Waals surface area (Å²) >= 11 is 0. The van der Waals surface area contributed by atoms with Gasteiger partial charge < -0.3 is 14.2 Å². The molecule has 1 rings (SSSR count). The summed E-state index contributed by atoms with van der Waals surface area (Å²) in [6, 6.07) is 0. The molecule has 0 N–H and O–H groups in total. The highest BCUT2D eigenvalue weighted by atomic mass is 19.4. The van der Waals surface area contributed by atoms with E-state index < -0.39 is 54.8 Å². The number of halogens is 8. The van der Waals surface area contributed by atoms with Crippen molar-refractivity contribution in [3.63, 3.8) is 0 Å². The summed E-state index contributed by atoms with van der Waals surface area (Å²) in [7, 11) is 1.26. The lowest BCUT2D eigenvalue weighted by atomic mass is 9.84. The van der Waals surface area contributed by atoms with Gasteiger partial charge in [0.25, 0.3) is 11.8 Å². The second kappa shape index (κ2) is 7.15. The van der Waals surface area contributed by atoms with Gasteiger partial charge in [0.1, 0.15) is 18.4 Å². The molecule has 1 fully saturated rings. The first-order chi connectivity index (χ1) is 11.2. The Morgan fingerprint density at radius 2 is 1.60 bits per heavy atom. The minimum atomic E-state index is -5.80. The smallest absolute Gasteiger partial charge is 0.382 e. The molecular formula is C14H20F8O3. The number of methoxy groups -OCH3 is 1. The van der Waals surface area contributed by atoms with E-state index in [0.717, 1.165) is 6.92 Å². The van der Waals surface area contributed by atoms with E-state index in [-0.39, 0.29) is 20.1 Å². The molecule has 0 saturated heterocycles. The number of alkyl halides is 8. The Labute approximate surface area is 139 Å². The van der Waals surface area contributed by atoms with Gasteiger partial charge >= 0.3 is 6.18 Å². The van der Waals surface area contributed by atoms with E-state index in [1.807, 2.05) is 0 Å². The summed E-state index contributed by atoms with van der Waals surface area (Å²) in [5.74, 6) is -13.1. The maximum Gasteiger partial charge on any atom is 0.423 e. The molecule has 0 spiro atoms. The normalized spacial score (nSPS) is 33.0. The number of hydrogen-bond donors (Lipinski definition) is 0. The Hall–Kier alpha value is -0.680. The molecule has 0 aromatic rings. The molecule has 150 valence electrons. The molecule has 1 aliphatic carbocycles. The van der Waals surface area contributed by atoms with Crippen molar-refractivity contribution in [2.45, 2.75) is 56.0 Å². The predicted molar refractivity (Wildman–Crippen MR) is 70.4 cm³/mol. The van der Waals surface area contributed by atoms with Gasteiger partial charge in [-0.3, -0.25) is 0 Å². The van der Waals surface area contributed by atoms with Gasteiger partial charge in [-0.2, -0.15) is 13.2 Å². The zero-order valence-electron chi connectivity index (χ0n) is 13.9. The molecule has 1 aliphatic rings. The third-order valence-electron chi connectivity index (χ3n) is 4.33. The van der Waals surface area contributed by atoms with Crippen LogP contribution in [-0.4, -0.2) is 56.4 Å². The van der Waals surface area contributed by atoms with Crippen LogP contribution in [0.15, 0.2) is 0 Å². The molecule has 0 radical (unpaired) electrons. The zero-order chi connectivity index (χ0) is 19.7. The second-order valence-corrected chi connectivity index (χ2v) is 6.07. The van der Waals surface area contributed by atoms with Crippen LogP contribution >= 0.6 is 0 Å². The van der Waals surface area contributed by atoms with Gasteiger partial charge in [0.05, 0.1) is 13.2 Å². The maximum atomic E-state index is 14.8. The molecule has 11 heteroatoms. The molecule has 0 bridgehead atoms. The maximum absolute atomic E-state index is 14.8. The van der Waals surface area contributed by atoms with Crippen molar-refractivity contribution in [1.29, 1.82) is 0 Å². The lowest BCUT2D eigenvalue weighted by Gasteiger charge is -2.38. The minimum absolute atomic E-state index is 0.0306. The van der Waals surface area contributed by atoms with Crippen molar-refractivity contribution in [2.75, 3.05) is 27.1 Å². The number of ether oxygens (including phenoxy) is 3. The zero-order valence-corrected chi connectivity index (χ0v) is 13.9. The third kappa shape index (κ3) is 3.87. The average Bonchev–Trinajstić information content (AvgIpc) is 2.62. The van der Waals surface area contributed by atoms with Gasteiger partial charge in [0.15, 0.2) is 0 Å². The van der Waals surface area contributed by atoms with Crippen molar-refractivity contribution >= 4 is 0 Å². The lowest BCUT2D eigenvalue weighted by Crippen LogP contribution is -2.61. The van der Waals surface area contributed by atoms with Crippen LogP contribution in [-0.2, 0) is 14.2 Å². The van der Waals surface area contributed by atoms with E-state index in [1.54, 1.807) is 0 Å². The third-order valence-corrected chi connectivity index (χ3v) is 4.33. The fourth-order valence-corrected chi connectivity index (χ4v) is 3.16. The molecule has 0 aromatic carbocycles. The Kier molecular flexibility index (Phi) is 6.39. The van der Waals surface area contributed by atoms with E-state index in [4.69, 9.17) is 0 Å². The average molecular weight is 388 g/mol. The largest absolute Gasteiger partial charge is 0.423 e. The van der Waals surface area contributed by atoms with Crippen LogP contribution in [0.25, 0.3) is 0 Å². The van der Waals surface area contributed by atoms with E-state index in [1.165, 1.54) is 7.11 Å². The van der Waals surface area contributed by atoms with Crippen LogP contribution in [0, 0.1) is 5.92 Å². The van der Waals surface area contributed by atoms with Crippen molar-refractivity contribution < 1.29 is 49.3 Å². The molecule has 3 atom stereocenters. The molecular weight excluding hydrogens is 368 g/mol. The van der Waals surface area contributed by atoms with Gasteiger partial charge in [-0.1, -0.05) is 6.92 Å². The van der Waals surface area contributed by atoms with Crippen LogP contribution < -0.4 is 0 Å². The monoisotopic (exact) mass is 388 g/mol. The molecule has 0 aromatic heterocycles. The van der Waals surface area contributed by atoms with Crippen molar-refractivity contribution in [3.8, 4) is 0 Å². The van der Waals surface area contributed by atoms with Gasteiger partial charge in [-0.25, -0.2) is 22.0 Å². The van der Waals surface area contributed by atoms with Crippen molar-refractivity contribution in [2.24, 2.45) is 5.92 Å². The summed E-state index contributed by atoms with van der Waals surface area (Å²) in [5.41, 5.74) is -7.88. The lowest BCUT2D eigenvalue weighted by molar-refractivity contribution is -0.363. The first-order valence-electron chi connectivity index (χ1n) is 7.41. The van der Waals surface area contributed by atoms with Crippen LogP contribution in [0.3, 0.4) is 0 Å². The summed E-state index contributed by atoms with van der Waals surface area (Å²) in [5, 5.41) is 0. The van der Waals surface area contributed by atoms with Gasteiger partial charge in [0.2, 0.25) is 5.60 Å². The van der Waals surface area contributed by atoms with Crippen molar-refractivity contribution in [3.05, 3.63) is 0 Å². The number of rotatable bonds is 8. The van der Waals surface area contributed by atoms with Gasteiger partial charge in [-0.15, -0.1) is 0 Å². The van der Waals surface area contributed by atoms with E-state index in [0.29, 0.717) is 0 Å². The van der Waals surface area contributed by atoms with Crippen LogP contribution in [0.4, 0.5) is 35.1 Å². The van der Waals surface area contributed by atoms with Gasteiger partial charge in [-0.05, 0) is 13.3 Å². The predicted octanol–water partition coefficient (Wildman–Crippen LogP) is 4.35. The highest BCUT2D eigenvalue weighted by Crippen LogP contribution is 2.66. The fourth-order valence-electron chi connectivity index (χ4n) is 3.16. The molecule has 0 heterocycles. The Morgan fingerprint density at radius 3 is 1.96 bits per heavy atom. The Bertz CT molecular complexity index is 450. The van der Waals surface area contributed by atoms with E-state index in [2.05, 4.69) is 14.2 Å². The summed E-state index contributed by atoms with van der Waals surface area (Å²) in [6.45, 7) is -0.720. The second-order valence-electron chi connectivity index (χ2n) is 6.07. The minimum Gasteiger partial charge on any atom is -0.382 e. The first kappa shape index (κ1) is 22.4. The molecule has 3 nitrogen and oxygen atoms in total. The van der Waals surface area contributed by atoms with Gasteiger partial charge in [0, 0.05) is 13.5 Å². The molecule has 3 unspecified atom stereocenters. The molecule has 0 amide bonds. The van der Waals surface area contributed by atoms with Crippen LogP contribution in [0.2, 0.25) is 0 Å². The fraction of sp³-hybridized carbons (Fsp3) is 1.00. The summed E-state index contributed by atoms with van der Waals surface area (Å²) in [4.78, 5) is 0. The summed E-state index contributed by atoms with van der Waals surface area (Å²) < 4.78 is 125. The van der Waals surface area contributed by atoms with E-state index >= 15 is 0 Å². The Balaban J connectivity index is 3.28. The molecule has 1 saturated carbocycles. The van der Waals surface area contributed by atoms with Crippen LogP contribution in [0.5, 0.6) is 0 Å².